The number of carbonyl (C=O) groups is 1. The second kappa shape index (κ2) is 7.64. The number of nitriles is 1. The first-order chi connectivity index (χ1) is 11.7. The van der Waals surface area contributed by atoms with Crippen LogP contribution in [-0.2, 0) is 11.0 Å². The van der Waals surface area contributed by atoms with Crippen LogP contribution < -0.4 is 16.2 Å². The first-order valence-corrected chi connectivity index (χ1v) is 8.88. The molecule has 1 aliphatic rings. The highest BCUT2D eigenvalue weighted by Crippen LogP contribution is 2.34. The first-order valence-electron chi connectivity index (χ1n) is 7.73. The molecule has 3 N–H and O–H groups in total. The van der Waals surface area contributed by atoms with Crippen molar-refractivity contribution in [1.82, 2.24) is 10.9 Å². The van der Waals surface area contributed by atoms with Gasteiger partial charge in [0, 0.05) is 17.5 Å². The number of rotatable bonds is 5. The summed E-state index contributed by atoms with van der Waals surface area (Å²) in [6.45, 7) is 3.74. The molecule has 1 aromatic carbocycles. The number of anilines is 1. The van der Waals surface area contributed by atoms with Gasteiger partial charge in [0.05, 0.1) is 17.2 Å². The molecule has 2 unspecified atom stereocenters. The van der Waals surface area contributed by atoms with Crippen LogP contribution in [0.4, 0.5) is 18.9 Å². The summed E-state index contributed by atoms with van der Waals surface area (Å²) in [7, 11) is 0. The van der Waals surface area contributed by atoms with E-state index in [1.807, 2.05) is 6.92 Å². The molecule has 1 amide bonds. The standard InChI is InChI=1S/C16H19F3N4OS/c1-3-25-9-12-7-15(2,23-22-12)14(24)21-11-5-4-10(8-20)13(6-11)16(17,18)19/h4-6,12,22-23H,3,7,9H2,1-2H3,(H,21,24). The van der Waals surface area contributed by atoms with Crippen LogP contribution in [0.2, 0.25) is 0 Å². The maximum atomic E-state index is 13.0. The van der Waals surface area contributed by atoms with Crippen molar-refractivity contribution in [2.45, 2.75) is 38.0 Å². The molecule has 1 saturated heterocycles. The fourth-order valence-corrected chi connectivity index (χ4v) is 3.31. The Hall–Kier alpha value is -1.76. The lowest BCUT2D eigenvalue weighted by atomic mass is 9.95. The number of hydrogen-bond acceptors (Lipinski definition) is 5. The number of nitrogens with one attached hydrogen (secondary N) is 3. The van der Waals surface area contributed by atoms with Gasteiger partial charge >= 0.3 is 6.18 Å². The largest absolute Gasteiger partial charge is 0.417 e. The molecule has 0 saturated carbocycles. The lowest BCUT2D eigenvalue weighted by molar-refractivity contribution is -0.137. The molecular formula is C16H19F3N4OS. The number of thioether (sulfide) groups is 1. The van der Waals surface area contributed by atoms with Crippen LogP contribution in [0.15, 0.2) is 18.2 Å². The molecule has 0 radical (unpaired) electrons. The predicted octanol–water partition coefficient (Wildman–Crippen LogP) is 2.89. The van der Waals surface area contributed by atoms with Gasteiger partial charge in [-0.15, -0.1) is 0 Å². The maximum Gasteiger partial charge on any atom is 0.417 e. The number of amides is 1. The van der Waals surface area contributed by atoms with Crippen LogP contribution in [0.25, 0.3) is 0 Å². The molecule has 0 spiro atoms. The van der Waals surface area contributed by atoms with E-state index >= 15 is 0 Å². The zero-order chi connectivity index (χ0) is 18.7. The number of nitrogens with zero attached hydrogens (tertiary/aromatic N) is 1. The minimum absolute atomic E-state index is 0.00531. The van der Waals surface area contributed by atoms with Crippen molar-refractivity contribution in [2.75, 3.05) is 16.8 Å². The average Bonchev–Trinajstić information content (AvgIpc) is 2.95. The van der Waals surface area contributed by atoms with Gasteiger partial charge in [0.1, 0.15) is 5.54 Å². The van der Waals surface area contributed by atoms with Gasteiger partial charge in [-0.2, -0.15) is 30.2 Å². The number of benzene rings is 1. The Morgan fingerprint density at radius 1 is 1.52 bits per heavy atom. The molecule has 1 aliphatic heterocycles. The van der Waals surface area contributed by atoms with Crippen LogP contribution in [0.3, 0.4) is 0 Å². The zero-order valence-corrected chi connectivity index (χ0v) is 14.6. The van der Waals surface area contributed by atoms with Crippen LogP contribution >= 0.6 is 11.8 Å². The second-order valence-electron chi connectivity index (χ2n) is 5.99. The van der Waals surface area contributed by atoms with E-state index in [2.05, 4.69) is 16.2 Å². The third-order valence-electron chi connectivity index (χ3n) is 3.93. The van der Waals surface area contributed by atoms with Crippen LogP contribution in [0.1, 0.15) is 31.4 Å². The van der Waals surface area contributed by atoms with E-state index in [4.69, 9.17) is 5.26 Å². The molecule has 0 aromatic heterocycles. The fraction of sp³-hybridized carbons (Fsp3) is 0.500. The summed E-state index contributed by atoms with van der Waals surface area (Å²) in [6.07, 6.45) is -4.14. The summed E-state index contributed by atoms with van der Waals surface area (Å²) in [5.74, 6) is 1.37. The molecule has 2 atom stereocenters. The smallest absolute Gasteiger partial charge is 0.324 e. The van der Waals surface area contributed by atoms with E-state index in [1.54, 1.807) is 18.7 Å². The summed E-state index contributed by atoms with van der Waals surface area (Å²) in [5.41, 5.74) is 3.52. The van der Waals surface area contributed by atoms with E-state index in [1.165, 1.54) is 12.1 Å². The van der Waals surface area contributed by atoms with Crippen molar-refractivity contribution < 1.29 is 18.0 Å². The quantitative estimate of drug-likeness (QED) is 0.741. The Balaban J connectivity index is 2.12. The second-order valence-corrected chi connectivity index (χ2v) is 7.30. The van der Waals surface area contributed by atoms with Gasteiger partial charge in [-0.25, -0.2) is 5.43 Å². The zero-order valence-electron chi connectivity index (χ0n) is 13.8. The molecule has 1 heterocycles. The van der Waals surface area contributed by atoms with Crippen LogP contribution in [0.5, 0.6) is 0 Å². The van der Waals surface area contributed by atoms with Crippen LogP contribution in [0, 0.1) is 11.3 Å². The molecule has 5 nitrogen and oxygen atoms in total. The molecule has 1 fully saturated rings. The average molecular weight is 372 g/mol. The highest BCUT2D eigenvalue weighted by Gasteiger charge is 2.41. The van der Waals surface area contributed by atoms with Gasteiger partial charge < -0.3 is 5.32 Å². The topological polar surface area (TPSA) is 77.0 Å². The van der Waals surface area contributed by atoms with Gasteiger partial charge in [0.2, 0.25) is 5.91 Å². The van der Waals surface area contributed by atoms with Crippen molar-refractivity contribution in [3.05, 3.63) is 29.3 Å². The monoisotopic (exact) mass is 372 g/mol. The predicted molar refractivity (Wildman–Crippen MR) is 90.9 cm³/mol. The number of hydrazine groups is 1. The lowest BCUT2D eigenvalue weighted by Crippen LogP contribution is -2.50. The molecule has 9 heteroatoms. The van der Waals surface area contributed by atoms with Crippen molar-refractivity contribution in [3.8, 4) is 6.07 Å². The fourth-order valence-electron chi connectivity index (χ4n) is 2.59. The summed E-state index contributed by atoms with van der Waals surface area (Å²) in [4.78, 5) is 12.5. The molecular weight excluding hydrogens is 353 g/mol. The number of hydrogen-bond donors (Lipinski definition) is 3. The van der Waals surface area contributed by atoms with E-state index in [0.29, 0.717) is 6.42 Å². The third-order valence-corrected chi connectivity index (χ3v) is 4.98. The van der Waals surface area contributed by atoms with Gasteiger partial charge in [-0.3, -0.25) is 10.2 Å². The minimum atomic E-state index is -4.66. The molecule has 25 heavy (non-hydrogen) atoms. The van der Waals surface area contributed by atoms with Gasteiger partial charge in [0.25, 0.3) is 0 Å². The maximum absolute atomic E-state index is 13.0. The van der Waals surface area contributed by atoms with E-state index in [9.17, 15) is 18.0 Å². The Morgan fingerprint density at radius 2 is 2.24 bits per heavy atom. The third kappa shape index (κ3) is 4.66. The molecule has 1 aromatic rings. The Bertz CT molecular complexity index is 689. The summed E-state index contributed by atoms with van der Waals surface area (Å²) in [5, 5.41) is 11.3. The Labute approximate surface area is 148 Å². The minimum Gasteiger partial charge on any atom is -0.324 e. The highest BCUT2D eigenvalue weighted by molar-refractivity contribution is 7.99. The van der Waals surface area contributed by atoms with Crippen molar-refractivity contribution >= 4 is 23.4 Å². The summed E-state index contributed by atoms with van der Waals surface area (Å²) >= 11 is 1.74. The SMILES string of the molecule is CCSCC1CC(C)(C(=O)Nc2ccc(C#N)c(C(F)(F)F)c2)NN1. The van der Waals surface area contributed by atoms with Gasteiger partial charge in [0.15, 0.2) is 0 Å². The van der Waals surface area contributed by atoms with Crippen LogP contribution in [-0.4, -0.2) is 29.0 Å². The summed E-state index contributed by atoms with van der Waals surface area (Å²) in [6, 6.07) is 4.75. The van der Waals surface area contributed by atoms with Crippen molar-refractivity contribution in [2.24, 2.45) is 0 Å². The molecule has 0 aliphatic carbocycles. The Kier molecular flexibility index (Phi) is 5.98. The van der Waals surface area contributed by atoms with E-state index < -0.39 is 28.7 Å². The van der Waals surface area contributed by atoms with Gasteiger partial charge in [-0.1, -0.05) is 6.92 Å². The van der Waals surface area contributed by atoms with Crippen molar-refractivity contribution in [1.29, 1.82) is 5.26 Å². The molecule has 0 bridgehead atoms. The Morgan fingerprint density at radius 3 is 2.84 bits per heavy atom. The highest BCUT2D eigenvalue weighted by atomic mass is 32.2. The lowest BCUT2D eigenvalue weighted by Gasteiger charge is -2.22. The number of halogens is 3. The molecule has 136 valence electrons. The van der Waals surface area contributed by atoms with E-state index in [0.717, 1.165) is 23.6 Å². The normalized spacial score (nSPS) is 23.3. The summed E-state index contributed by atoms with van der Waals surface area (Å²) < 4.78 is 39.0. The van der Waals surface area contributed by atoms with Gasteiger partial charge in [-0.05, 0) is 37.3 Å². The number of alkyl halides is 3. The first kappa shape index (κ1) is 19.6. The van der Waals surface area contributed by atoms with Crippen molar-refractivity contribution in [3.63, 3.8) is 0 Å². The van der Waals surface area contributed by atoms with E-state index in [-0.39, 0.29) is 11.7 Å². The molecule has 2 rings (SSSR count). The number of carbonyl (C=O) groups excluding carboxylic acids is 1.